The Kier molecular flexibility index (Phi) is 6.35. The van der Waals surface area contributed by atoms with Crippen molar-refractivity contribution in [1.82, 2.24) is 10.6 Å². The molecule has 0 aromatic carbocycles. The lowest BCUT2D eigenvalue weighted by Gasteiger charge is -2.40. The Bertz CT molecular complexity index is 383. The molecule has 0 aromatic rings. The van der Waals surface area contributed by atoms with Crippen molar-refractivity contribution >= 4 is 29.0 Å². The normalized spacial score (nSPS) is 21.0. The van der Waals surface area contributed by atoms with Crippen LogP contribution in [0.1, 0.15) is 39.5 Å². The van der Waals surface area contributed by atoms with Crippen LogP contribution in [-0.2, 0) is 14.3 Å². The summed E-state index contributed by atoms with van der Waals surface area (Å²) >= 11 is 4.64. The molecule has 1 aliphatic rings. The Balaban J connectivity index is 2.49. The second kappa shape index (κ2) is 7.54. The van der Waals surface area contributed by atoms with Gasteiger partial charge in [0.1, 0.15) is 0 Å². The first-order valence-corrected chi connectivity index (χ1v) is 7.34. The first-order chi connectivity index (χ1) is 9.42. The monoisotopic (exact) mass is 301 g/mol. The van der Waals surface area contributed by atoms with Gasteiger partial charge in [0, 0.05) is 12.6 Å². The number of nitrogens with two attached hydrogens (primary N) is 1. The van der Waals surface area contributed by atoms with E-state index in [9.17, 15) is 9.59 Å². The summed E-state index contributed by atoms with van der Waals surface area (Å²) in [5.74, 6) is -1.35. The third-order valence-corrected chi connectivity index (χ3v) is 3.89. The molecule has 1 fully saturated rings. The molecule has 0 spiro atoms. The van der Waals surface area contributed by atoms with Gasteiger partial charge < -0.3 is 21.1 Å². The number of hydrogen-bond donors (Lipinski definition) is 3. The average Bonchev–Trinajstić information content (AvgIpc) is 2.44. The summed E-state index contributed by atoms with van der Waals surface area (Å²) in [5, 5.41) is 5.12. The van der Waals surface area contributed by atoms with Gasteiger partial charge >= 0.3 is 11.8 Å². The van der Waals surface area contributed by atoms with Crippen LogP contribution in [-0.4, -0.2) is 41.6 Å². The van der Waals surface area contributed by atoms with Gasteiger partial charge in [0.15, 0.2) is 0 Å². The van der Waals surface area contributed by atoms with Crippen molar-refractivity contribution in [3.63, 3.8) is 0 Å². The molecule has 2 amide bonds. The molecule has 0 aliphatic carbocycles. The fourth-order valence-corrected chi connectivity index (χ4v) is 2.46. The fraction of sp³-hybridized carbons (Fsp3) is 0.769. The van der Waals surface area contributed by atoms with Gasteiger partial charge in [-0.15, -0.1) is 0 Å². The van der Waals surface area contributed by atoms with Crippen LogP contribution in [0.3, 0.4) is 0 Å². The molecular weight excluding hydrogens is 278 g/mol. The summed E-state index contributed by atoms with van der Waals surface area (Å²) in [4.78, 5) is 23.5. The first-order valence-electron chi connectivity index (χ1n) is 6.93. The number of amides is 2. The zero-order valence-corrected chi connectivity index (χ0v) is 12.8. The molecule has 0 saturated carbocycles. The van der Waals surface area contributed by atoms with Crippen LogP contribution < -0.4 is 16.4 Å². The van der Waals surface area contributed by atoms with Crippen molar-refractivity contribution in [2.75, 3.05) is 13.2 Å². The molecule has 0 aromatic heterocycles. The van der Waals surface area contributed by atoms with Crippen molar-refractivity contribution in [2.45, 2.75) is 51.2 Å². The van der Waals surface area contributed by atoms with Gasteiger partial charge in [0.05, 0.1) is 17.1 Å². The van der Waals surface area contributed by atoms with E-state index in [0.29, 0.717) is 6.61 Å². The molecule has 1 rings (SSSR count). The van der Waals surface area contributed by atoms with Crippen LogP contribution in [0.2, 0.25) is 0 Å². The minimum atomic E-state index is -0.706. The smallest absolute Gasteiger partial charge is 0.309 e. The molecule has 114 valence electrons. The van der Waals surface area contributed by atoms with Crippen LogP contribution >= 0.6 is 12.2 Å². The Morgan fingerprint density at radius 2 is 2.00 bits per heavy atom. The minimum absolute atomic E-state index is 0.0310. The summed E-state index contributed by atoms with van der Waals surface area (Å²) in [6.07, 6.45) is 3.23. The van der Waals surface area contributed by atoms with Crippen molar-refractivity contribution in [1.29, 1.82) is 0 Å². The number of carbonyl (C=O) groups excluding carboxylic acids is 2. The predicted molar refractivity (Wildman–Crippen MR) is 80.2 cm³/mol. The molecule has 1 unspecified atom stereocenters. The molecule has 1 atom stereocenters. The number of thiocarbonyl (C=S) groups is 1. The maximum absolute atomic E-state index is 11.8. The number of carbonyl (C=O) groups is 2. The second-order valence-electron chi connectivity index (χ2n) is 5.05. The Hall–Kier alpha value is -1.21. The topological polar surface area (TPSA) is 93.5 Å². The van der Waals surface area contributed by atoms with Gasteiger partial charge in [-0.25, -0.2) is 0 Å². The van der Waals surface area contributed by atoms with Crippen LogP contribution in [0.25, 0.3) is 0 Å². The van der Waals surface area contributed by atoms with E-state index < -0.39 is 11.8 Å². The van der Waals surface area contributed by atoms with E-state index in [1.165, 1.54) is 0 Å². The summed E-state index contributed by atoms with van der Waals surface area (Å²) in [6.45, 7) is 4.77. The molecule has 4 N–H and O–H groups in total. The Labute approximate surface area is 124 Å². The van der Waals surface area contributed by atoms with E-state index in [2.05, 4.69) is 36.7 Å². The average molecular weight is 301 g/mol. The lowest BCUT2D eigenvalue weighted by atomic mass is 9.86. The standard InChI is InChI=1S/C13H23N3O3S/c1-3-13(4-2)7-9(5-6-19-13)16-12(18)11(17)15-8-10(14)20/h9H,3-8H2,1-2H3,(H2,14,20)(H,15,17)(H,16,18). The van der Waals surface area contributed by atoms with Crippen LogP contribution in [0.5, 0.6) is 0 Å². The highest BCUT2D eigenvalue weighted by molar-refractivity contribution is 7.80. The van der Waals surface area contributed by atoms with Crippen LogP contribution in [0.4, 0.5) is 0 Å². The number of nitrogens with one attached hydrogen (secondary N) is 2. The number of ether oxygens (including phenoxy) is 1. The summed E-state index contributed by atoms with van der Waals surface area (Å²) in [5.41, 5.74) is 5.08. The minimum Gasteiger partial charge on any atom is -0.392 e. The number of rotatable bonds is 5. The number of hydrogen-bond acceptors (Lipinski definition) is 4. The van der Waals surface area contributed by atoms with Gasteiger partial charge in [-0.1, -0.05) is 26.1 Å². The van der Waals surface area contributed by atoms with Crippen LogP contribution in [0, 0.1) is 0 Å². The van der Waals surface area contributed by atoms with E-state index in [-0.39, 0.29) is 23.2 Å². The first kappa shape index (κ1) is 16.8. The zero-order chi connectivity index (χ0) is 15.2. The molecule has 6 nitrogen and oxygen atoms in total. The highest BCUT2D eigenvalue weighted by atomic mass is 32.1. The molecule has 1 aliphatic heterocycles. The third kappa shape index (κ3) is 4.72. The molecule has 7 heteroatoms. The van der Waals surface area contributed by atoms with Gasteiger partial charge in [0.25, 0.3) is 0 Å². The molecule has 0 radical (unpaired) electrons. The van der Waals surface area contributed by atoms with Crippen LogP contribution in [0.15, 0.2) is 0 Å². The summed E-state index contributed by atoms with van der Waals surface area (Å²) in [7, 11) is 0. The van der Waals surface area contributed by atoms with Gasteiger partial charge in [-0.2, -0.15) is 0 Å². The van der Waals surface area contributed by atoms with Gasteiger partial charge in [-0.05, 0) is 25.7 Å². The van der Waals surface area contributed by atoms with Crippen molar-refractivity contribution in [3.05, 3.63) is 0 Å². The Morgan fingerprint density at radius 3 is 2.55 bits per heavy atom. The molecule has 1 heterocycles. The highest BCUT2D eigenvalue weighted by Gasteiger charge is 2.35. The molecule has 0 bridgehead atoms. The van der Waals surface area contributed by atoms with Gasteiger partial charge in [0.2, 0.25) is 0 Å². The van der Waals surface area contributed by atoms with Crippen molar-refractivity contribution in [2.24, 2.45) is 5.73 Å². The largest absolute Gasteiger partial charge is 0.392 e. The summed E-state index contributed by atoms with van der Waals surface area (Å²) in [6, 6.07) is -0.0354. The third-order valence-electron chi connectivity index (χ3n) is 3.75. The zero-order valence-electron chi connectivity index (χ0n) is 12.0. The second-order valence-corrected chi connectivity index (χ2v) is 5.58. The maximum Gasteiger partial charge on any atom is 0.309 e. The van der Waals surface area contributed by atoms with E-state index >= 15 is 0 Å². The predicted octanol–water partition coefficient (Wildman–Crippen LogP) is 0.243. The maximum atomic E-state index is 11.8. The highest BCUT2D eigenvalue weighted by Crippen LogP contribution is 2.31. The van der Waals surface area contributed by atoms with Crippen molar-refractivity contribution in [3.8, 4) is 0 Å². The van der Waals surface area contributed by atoms with E-state index in [1.807, 2.05) is 0 Å². The Morgan fingerprint density at radius 1 is 1.35 bits per heavy atom. The molecule has 1 saturated heterocycles. The van der Waals surface area contributed by atoms with E-state index in [4.69, 9.17) is 10.5 Å². The lowest BCUT2D eigenvalue weighted by Crippen LogP contribution is -2.51. The van der Waals surface area contributed by atoms with Gasteiger partial charge in [-0.3, -0.25) is 9.59 Å². The van der Waals surface area contributed by atoms with E-state index in [1.54, 1.807) is 0 Å². The quantitative estimate of drug-likeness (QED) is 0.500. The summed E-state index contributed by atoms with van der Waals surface area (Å²) < 4.78 is 5.83. The SMILES string of the molecule is CCC1(CC)CC(NC(=O)C(=O)NCC(N)=S)CCO1. The van der Waals surface area contributed by atoms with Crippen molar-refractivity contribution < 1.29 is 14.3 Å². The lowest BCUT2D eigenvalue weighted by molar-refractivity contribution is -0.141. The molecule has 20 heavy (non-hydrogen) atoms. The van der Waals surface area contributed by atoms with E-state index in [0.717, 1.165) is 25.7 Å². The molecular formula is C13H23N3O3S. The fourth-order valence-electron chi connectivity index (χ4n) is 2.39.